The number of hydrogen-bond donors (Lipinski definition) is 2. The van der Waals surface area contributed by atoms with E-state index in [0.29, 0.717) is 6.42 Å². The Balaban J connectivity index is 2.41. The SMILES string of the molecule is COc1ccccc1-c1nc(C)[nH]c1CCC(=O)O. The fourth-order valence-electron chi connectivity index (χ4n) is 2.02. The van der Waals surface area contributed by atoms with Crippen molar-refractivity contribution in [3.63, 3.8) is 0 Å². The average molecular weight is 260 g/mol. The Morgan fingerprint density at radius 3 is 2.84 bits per heavy atom. The smallest absolute Gasteiger partial charge is 0.303 e. The van der Waals surface area contributed by atoms with Crippen LogP contribution in [0.5, 0.6) is 5.75 Å². The molecule has 0 aliphatic rings. The van der Waals surface area contributed by atoms with Gasteiger partial charge in [0.15, 0.2) is 0 Å². The summed E-state index contributed by atoms with van der Waals surface area (Å²) in [5.41, 5.74) is 2.45. The molecule has 1 aromatic carbocycles. The van der Waals surface area contributed by atoms with E-state index in [-0.39, 0.29) is 6.42 Å². The molecule has 0 amide bonds. The number of methoxy groups -OCH3 is 1. The summed E-state index contributed by atoms with van der Waals surface area (Å²) in [7, 11) is 1.61. The van der Waals surface area contributed by atoms with Crippen LogP contribution in [0.25, 0.3) is 11.3 Å². The molecule has 0 aliphatic heterocycles. The highest BCUT2D eigenvalue weighted by Crippen LogP contribution is 2.31. The first-order chi connectivity index (χ1) is 9.11. The first kappa shape index (κ1) is 13.1. The summed E-state index contributed by atoms with van der Waals surface area (Å²) in [5, 5.41) is 8.78. The molecule has 0 radical (unpaired) electrons. The van der Waals surface area contributed by atoms with E-state index >= 15 is 0 Å². The zero-order valence-corrected chi connectivity index (χ0v) is 10.9. The number of nitrogens with zero attached hydrogens (tertiary/aromatic N) is 1. The summed E-state index contributed by atoms with van der Waals surface area (Å²) in [5.74, 6) is 0.671. The highest BCUT2D eigenvalue weighted by Gasteiger charge is 2.15. The maximum Gasteiger partial charge on any atom is 0.303 e. The number of ether oxygens (including phenoxy) is 1. The zero-order valence-electron chi connectivity index (χ0n) is 10.9. The van der Waals surface area contributed by atoms with Crippen LogP contribution in [0.15, 0.2) is 24.3 Å². The number of carbonyl (C=O) groups is 1. The van der Waals surface area contributed by atoms with Crippen molar-refractivity contribution in [2.75, 3.05) is 7.11 Å². The summed E-state index contributed by atoms with van der Waals surface area (Å²) >= 11 is 0. The summed E-state index contributed by atoms with van der Waals surface area (Å²) in [6.45, 7) is 1.85. The Labute approximate surface area is 111 Å². The van der Waals surface area contributed by atoms with E-state index in [1.54, 1.807) is 7.11 Å². The Hall–Kier alpha value is -2.30. The lowest BCUT2D eigenvalue weighted by atomic mass is 10.1. The molecule has 0 unspecified atom stereocenters. The van der Waals surface area contributed by atoms with Gasteiger partial charge in [-0.3, -0.25) is 4.79 Å². The molecule has 0 saturated heterocycles. The molecule has 100 valence electrons. The fraction of sp³-hybridized carbons (Fsp3) is 0.286. The zero-order chi connectivity index (χ0) is 13.8. The lowest BCUT2D eigenvalue weighted by Gasteiger charge is -2.07. The second kappa shape index (κ2) is 5.56. The van der Waals surface area contributed by atoms with E-state index in [9.17, 15) is 4.79 Å². The minimum Gasteiger partial charge on any atom is -0.496 e. The topological polar surface area (TPSA) is 75.2 Å². The number of imidazole rings is 1. The summed E-state index contributed by atoms with van der Waals surface area (Å²) in [4.78, 5) is 18.3. The number of H-pyrrole nitrogens is 1. The van der Waals surface area contributed by atoms with Crippen molar-refractivity contribution in [1.82, 2.24) is 9.97 Å². The predicted molar refractivity (Wildman–Crippen MR) is 71.3 cm³/mol. The number of para-hydroxylation sites is 1. The molecule has 5 nitrogen and oxygen atoms in total. The van der Waals surface area contributed by atoms with Crippen LogP contribution in [0.3, 0.4) is 0 Å². The molecular formula is C14H16N2O3. The maximum absolute atomic E-state index is 10.7. The largest absolute Gasteiger partial charge is 0.496 e. The number of nitrogens with one attached hydrogen (secondary N) is 1. The molecular weight excluding hydrogens is 244 g/mol. The van der Waals surface area contributed by atoms with Crippen LogP contribution in [0.4, 0.5) is 0 Å². The van der Waals surface area contributed by atoms with Crippen LogP contribution in [-0.2, 0) is 11.2 Å². The fourth-order valence-corrected chi connectivity index (χ4v) is 2.02. The van der Waals surface area contributed by atoms with Crippen molar-refractivity contribution in [2.45, 2.75) is 19.8 Å². The van der Waals surface area contributed by atoms with Gasteiger partial charge in [0.25, 0.3) is 0 Å². The van der Waals surface area contributed by atoms with Crippen LogP contribution in [0.2, 0.25) is 0 Å². The summed E-state index contributed by atoms with van der Waals surface area (Å²) < 4.78 is 5.32. The quantitative estimate of drug-likeness (QED) is 0.865. The summed E-state index contributed by atoms with van der Waals surface area (Å²) in [6, 6.07) is 7.57. The highest BCUT2D eigenvalue weighted by atomic mass is 16.5. The number of benzene rings is 1. The predicted octanol–water partition coefficient (Wildman–Crippen LogP) is 2.41. The van der Waals surface area contributed by atoms with Gasteiger partial charge in [0.1, 0.15) is 11.6 Å². The van der Waals surface area contributed by atoms with Gasteiger partial charge in [-0.05, 0) is 19.1 Å². The number of aliphatic carboxylic acids is 1. The van der Waals surface area contributed by atoms with E-state index in [0.717, 1.165) is 28.5 Å². The molecule has 5 heteroatoms. The van der Waals surface area contributed by atoms with E-state index in [1.165, 1.54) is 0 Å². The van der Waals surface area contributed by atoms with Crippen LogP contribution in [-0.4, -0.2) is 28.2 Å². The van der Waals surface area contributed by atoms with Crippen molar-refractivity contribution >= 4 is 5.97 Å². The van der Waals surface area contributed by atoms with Crippen molar-refractivity contribution in [1.29, 1.82) is 0 Å². The Kier molecular flexibility index (Phi) is 3.85. The molecule has 0 bridgehead atoms. The first-order valence-electron chi connectivity index (χ1n) is 6.02. The van der Waals surface area contributed by atoms with E-state index in [2.05, 4.69) is 9.97 Å². The van der Waals surface area contributed by atoms with Gasteiger partial charge >= 0.3 is 5.97 Å². The minimum atomic E-state index is -0.821. The minimum absolute atomic E-state index is 0.0732. The number of aromatic nitrogens is 2. The lowest BCUT2D eigenvalue weighted by molar-refractivity contribution is -0.136. The summed E-state index contributed by atoms with van der Waals surface area (Å²) in [6.07, 6.45) is 0.493. The molecule has 2 aromatic rings. The van der Waals surface area contributed by atoms with Gasteiger partial charge in [-0.1, -0.05) is 12.1 Å². The van der Waals surface area contributed by atoms with E-state index in [1.807, 2.05) is 31.2 Å². The monoisotopic (exact) mass is 260 g/mol. The Morgan fingerprint density at radius 1 is 1.42 bits per heavy atom. The van der Waals surface area contributed by atoms with Crippen LogP contribution in [0.1, 0.15) is 17.9 Å². The van der Waals surface area contributed by atoms with Gasteiger partial charge in [-0.15, -0.1) is 0 Å². The standard InChI is InChI=1S/C14H16N2O3/c1-9-15-11(7-8-13(17)18)14(16-9)10-5-3-4-6-12(10)19-2/h3-6H,7-8H2,1-2H3,(H,15,16)(H,17,18). The van der Waals surface area contributed by atoms with E-state index < -0.39 is 5.97 Å². The third-order valence-corrected chi connectivity index (χ3v) is 2.85. The van der Waals surface area contributed by atoms with Crippen molar-refractivity contribution in [2.24, 2.45) is 0 Å². The average Bonchev–Trinajstić information content (AvgIpc) is 2.77. The number of aromatic amines is 1. The normalized spacial score (nSPS) is 10.4. The van der Waals surface area contributed by atoms with Crippen molar-refractivity contribution < 1.29 is 14.6 Å². The lowest BCUT2D eigenvalue weighted by Crippen LogP contribution is -1.99. The molecule has 1 aromatic heterocycles. The molecule has 2 rings (SSSR count). The number of carboxylic acid groups (broad SMARTS) is 1. The first-order valence-corrected chi connectivity index (χ1v) is 6.02. The van der Waals surface area contributed by atoms with Gasteiger partial charge in [-0.2, -0.15) is 0 Å². The molecule has 1 heterocycles. The molecule has 0 spiro atoms. The van der Waals surface area contributed by atoms with Gasteiger partial charge in [-0.25, -0.2) is 4.98 Å². The maximum atomic E-state index is 10.7. The number of hydrogen-bond acceptors (Lipinski definition) is 3. The van der Waals surface area contributed by atoms with Crippen LogP contribution in [0, 0.1) is 6.92 Å². The molecule has 0 saturated carbocycles. The van der Waals surface area contributed by atoms with Gasteiger partial charge in [0.05, 0.1) is 19.2 Å². The highest BCUT2D eigenvalue weighted by molar-refractivity contribution is 5.71. The number of carboxylic acids is 1. The van der Waals surface area contributed by atoms with E-state index in [4.69, 9.17) is 9.84 Å². The van der Waals surface area contributed by atoms with Crippen LogP contribution >= 0.6 is 0 Å². The molecule has 19 heavy (non-hydrogen) atoms. The van der Waals surface area contributed by atoms with Crippen molar-refractivity contribution in [3.05, 3.63) is 35.8 Å². The second-order valence-electron chi connectivity index (χ2n) is 4.24. The van der Waals surface area contributed by atoms with Gasteiger partial charge < -0.3 is 14.8 Å². The number of aryl methyl sites for hydroxylation is 2. The molecule has 0 aliphatic carbocycles. The third-order valence-electron chi connectivity index (χ3n) is 2.85. The second-order valence-corrected chi connectivity index (χ2v) is 4.24. The molecule has 0 atom stereocenters. The Bertz CT molecular complexity index is 590. The molecule has 2 N–H and O–H groups in total. The third kappa shape index (κ3) is 2.93. The Morgan fingerprint density at radius 2 is 2.16 bits per heavy atom. The number of rotatable bonds is 5. The van der Waals surface area contributed by atoms with Crippen molar-refractivity contribution in [3.8, 4) is 17.0 Å². The molecule has 0 fully saturated rings. The van der Waals surface area contributed by atoms with Gasteiger partial charge in [0, 0.05) is 17.7 Å². The van der Waals surface area contributed by atoms with Gasteiger partial charge in [0.2, 0.25) is 0 Å². The van der Waals surface area contributed by atoms with Crippen LogP contribution < -0.4 is 4.74 Å².